The van der Waals surface area contributed by atoms with E-state index in [9.17, 15) is 14.4 Å². The smallest absolute Gasteiger partial charge is 0.287 e. The molecule has 174 valence electrons. The van der Waals surface area contributed by atoms with Crippen LogP contribution in [0.1, 0.15) is 58.7 Å². The van der Waals surface area contributed by atoms with Crippen molar-refractivity contribution in [2.45, 2.75) is 51.2 Å². The van der Waals surface area contributed by atoms with Crippen LogP contribution in [0.2, 0.25) is 0 Å². The van der Waals surface area contributed by atoms with Gasteiger partial charge in [0, 0.05) is 10.9 Å². The predicted octanol–water partition coefficient (Wildman–Crippen LogP) is 3.80. The van der Waals surface area contributed by atoms with Crippen molar-refractivity contribution in [3.05, 3.63) is 70.2 Å². The van der Waals surface area contributed by atoms with Crippen molar-refractivity contribution in [1.29, 1.82) is 0 Å². The second-order valence-corrected chi connectivity index (χ2v) is 9.13. The van der Waals surface area contributed by atoms with Crippen LogP contribution in [0.5, 0.6) is 0 Å². The zero-order chi connectivity index (χ0) is 23.2. The first-order valence-corrected chi connectivity index (χ1v) is 11.9. The van der Waals surface area contributed by atoms with E-state index in [1.807, 2.05) is 17.5 Å². The summed E-state index contributed by atoms with van der Waals surface area (Å²) >= 11 is 1.49. The third kappa shape index (κ3) is 5.73. The van der Waals surface area contributed by atoms with Gasteiger partial charge >= 0.3 is 0 Å². The van der Waals surface area contributed by atoms with E-state index >= 15 is 0 Å². The molecular formula is C24H27N3O5S. The first kappa shape index (κ1) is 22.8. The van der Waals surface area contributed by atoms with Crippen molar-refractivity contribution in [1.82, 2.24) is 15.5 Å². The summed E-state index contributed by atoms with van der Waals surface area (Å²) < 4.78 is 10.9. The molecule has 1 aliphatic rings. The topological polar surface area (TPSA) is 105 Å². The second-order valence-electron chi connectivity index (χ2n) is 8.10. The molecule has 1 aliphatic carbocycles. The lowest BCUT2D eigenvalue weighted by Gasteiger charge is -2.30. The van der Waals surface area contributed by atoms with Crippen molar-refractivity contribution in [2.75, 3.05) is 6.54 Å². The molecule has 0 bridgehead atoms. The molecule has 9 heteroatoms. The summed E-state index contributed by atoms with van der Waals surface area (Å²) in [5, 5.41) is 7.60. The third-order valence-electron chi connectivity index (χ3n) is 5.66. The van der Waals surface area contributed by atoms with Gasteiger partial charge in [-0.25, -0.2) is 0 Å². The number of nitrogens with one attached hydrogen (secondary N) is 2. The summed E-state index contributed by atoms with van der Waals surface area (Å²) in [6, 6.07) is 9.57. The molecule has 0 saturated heterocycles. The maximum absolute atomic E-state index is 13.4. The molecule has 0 radical (unpaired) electrons. The molecule has 1 atom stereocenters. The summed E-state index contributed by atoms with van der Waals surface area (Å²) in [5.41, 5.74) is 0. The van der Waals surface area contributed by atoms with Crippen molar-refractivity contribution >= 4 is 29.1 Å². The fraction of sp³-hybridized carbons (Fsp3) is 0.375. The van der Waals surface area contributed by atoms with Gasteiger partial charge in [-0.1, -0.05) is 18.9 Å². The highest BCUT2D eigenvalue weighted by atomic mass is 32.1. The lowest BCUT2D eigenvalue weighted by atomic mass is 10.1. The molecule has 0 aliphatic heterocycles. The van der Waals surface area contributed by atoms with Gasteiger partial charge in [-0.15, -0.1) is 11.3 Å². The largest absolute Gasteiger partial charge is 0.464 e. The van der Waals surface area contributed by atoms with Gasteiger partial charge in [-0.05, 0) is 55.5 Å². The van der Waals surface area contributed by atoms with Crippen LogP contribution in [0.3, 0.4) is 0 Å². The molecule has 0 aromatic carbocycles. The fourth-order valence-corrected chi connectivity index (χ4v) is 4.72. The van der Waals surface area contributed by atoms with E-state index < -0.39 is 17.9 Å². The Hall–Kier alpha value is -3.33. The van der Waals surface area contributed by atoms with Crippen LogP contribution in [-0.4, -0.2) is 35.2 Å². The van der Waals surface area contributed by atoms with Crippen LogP contribution in [0.25, 0.3) is 0 Å². The minimum Gasteiger partial charge on any atom is -0.464 e. The molecule has 4 rings (SSSR count). The number of carbonyl (C=O) groups is 3. The summed E-state index contributed by atoms with van der Waals surface area (Å²) in [7, 11) is 0. The number of amides is 3. The molecule has 0 spiro atoms. The Bertz CT molecular complexity index is 1070. The van der Waals surface area contributed by atoms with Crippen molar-refractivity contribution in [3.63, 3.8) is 0 Å². The van der Waals surface area contributed by atoms with Crippen LogP contribution < -0.4 is 10.6 Å². The van der Waals surface area contributed by atoms with E-state index in [0.29, 0.717) is 11.5 Å². The molecule has 3 aromatic heterocycles. The first-order valence-electron chi connectivity index (χ1n) is 11.0. The van der Waals surface area contributed by atoms with Gasteiger partial charge < -0.3 is 24.4 Å². The van der Waals surface area contributed by atoms with Crippen LogP contribution in [-0.2, 0) is 16.1 Å². The quantitative estimate of drug-likeness (QED) is 0.496. The maximum Gasteiger partial charge on any atom is 0.287 e. The Morgan fingerprint density at radius 2 is 1.97 bits per heavy atom. The SMILES string of the molecule is Cc1ccc([C@@H](C(=O)NC2CCCC2)N(Cc2cccs2)C(=O)CNC(=O)c2ccco2)o1. The molecular weight excluding hydrogens is 442 g/mol. The standard InChI is InChI=1S/C24H27N3O5S/c1-16-10-11-19(32-16)22(24(30)26-17-6-2-3-7-17)27(15-18-8-5-13-33-18)21(28)14-25-23(29)20-9-4-12-31-20/h4-5,8-13,17,22H,2-3,6-7,14-15H2,1H3,(H,25,29)(H,26,30)/t22-/m0/s1. The average molecular weight is 470 g/mol. The Kier molecular flexibility index (Phi) is 7.29. The number of thiophene rings is 1. The first-order chi connectivity index (χ1) is 16.0. The van der Waals surface area contributed by atoms with Crippen LogP contribution in [0, 0.1) is 6.92 Å². The van der Waals surface area contributed by atoms with Crippen LogP contribution in [0.4, 0.5) is 0 Å². The summed E-state index contributed by atoms with van der Waals surface area (Å²) in [4.78, 5) is 41.5. The average Bonchev–Trinajstić information content (AvgIpc) is 3.60. The maximum atomic E-state index is 13.4. The highest BCUT2D eigenvalue weighted by Gasteiger charge is 2.35. The number of rotatable bonds is 9. The molecule has 3 heterocycles. The van der Waals surface area contributed by atoms with Gasteiger partial charge in [0.1, 0.15) is 11.5 Å². The molecule has 3 aromatic rings. The highest BCUT2D eigenvalue weighted by molar-refractivity contribution is 7.09. The number of aryl methyl sites for hydroxylation is 1. The number of nitrogens with zero attached hydrogens (tertiary/aromatic N) is 1. The van der Waals surface area contributed by atoms with Gasteiger partial charge in [-0.2, -0.15) is 0 Å². The Morgan fingerprint density at radius 1 is 1.15 bits per heavy atom. The van der Waals surface area contributed by atoms with Crippen molar-refractivity contribution in [2.24, 2.45) is 0 Å². The Morgan fingerprint density at radius 3 is 2.61 bits per heavy atom. The molecule has 33 heavy (non-hydrogen) atoms. The van der Waals surface area contributed by atoms with Gasteiger partial charge in [0.2, 0.25) is 5.91 Å². The number of hydrogen-bond acceptors (Lipinski definition) is 6. The van der Waals surface area contributed by atoms with E-state index in [-0.39, 0.29) is 30.8 Å². The summed E-state index contributed by atoms with van der Waals surface area (Å²) in [6.45, 7) is 1.73. The molecule has 8 nitrogen and oxygen atoms in total. The number of hydrogen-bond donors (Lipinski definition) is 2. The molecule has 2 N–H and O–H groups in total. The van der Waals surface area contributed by atoms with E-state index in [0.717, 1.165) is 30.6 Å². The molecule has 0 unspecified atom stereocenters. The Labute approximate surface area is 195 Å². The van der Waals surface area contributed by atoms with E-state index in [4.69, 9.17) is 8.83 Å². The minimum atomic E-state index is -0.950. The number of carbonyl (C=O) groups excluding carboxylic acids is 3. The molecule has 3 amide bonds. The van der Waals surface area contributed by atoms with Crippen molar-refractivity contribution < 1.29 is 23.2 Å². The minimum absolute atomic E-state index is 0.0911. The lowest BCUT2D eigenvalue weighted by molar-refractivity contribution is -0.141. The fourth-order valence-electron chi connectivity index (χ4n) is 4.02. The summed E-state index contributed by atoms with van der Waals surface area (Å²) in [6.07, 6.45) is 5.39. The zero-order valence-electron chi connectivity index (χ0n) is 18.4. The zero-order valence-corrected chi connectivity index (χ0v) is 19.2. The van der Waals surface area contributed by atoms with Gasteiger partial charge in [0.15, 0.2) is 11.8 Å². The Balaban J connectivity index is 1.58. The highest BCUT2D eigenvalue weighted by Crippen LogP contribution is 2.28. The second kappa shape index (κ2) is 10.5. The number of furan rings is 2. The van der Waals surface area contributed by atoms with E-state index in [2.05, 4.69) is 10.6 Å². The molecule has 1 fully saturated rings. The van der Waals surface area contributed by atoms with E-state index in [1.165, 1.54) is 28.6 Å². The van der Waals surface area contributed by atoms with E-state index in [1.54, 1.807) is 25.1 Å². The lowest BCUT2D eigenvalue weighted by Crippen LogP contribution is -2.48. The monoisotopic (exact) mass is 469 g/mol. The van der Waals surface area contributed by atoms with Crippen molar-refractivity contribution in [3.8, 4) is 0 Å². The predicted molar refractivity (Wildman–Crippen MR) is 122 cm³/mol. The van der Waals surface area contributed by atoms with Crippen LogP contribution in [0.15, 0.2) is 56.9 Å². The van der Waals surface area contributed by atoms with Gasteiger partial charge in [-0.3, -0.25) is 14.4 Å². The van der Waals surface area contributed by atoms with Gasteiger partial charge in [0.05, 0.1) is 19.4 Å². The normalized spacial score (nSPS) is 14.7. The van der Waals surface area contributed by atoms with Gasteiger partial charge in [0.25, 0.3) is 11.8 Å². The third-order valence-corrected chi connectivity index (χ3v) is 6.53. The molecule has 1 saturated carbocycles. The summed E-state index contributed by atoms with van der Waals surface area (Å²) in [5.74, 6) is -0.0129. The van der Waals surface area contributed by atoms with Crippen LogP contribution >= 0.6 is 11.3 Å².